The van der Waals surface area contributed by atoms with Gasteiger partial charge in [0.15, 0.2) is 6.61 Å². The maximum absolute atomic E-state index is 12.4. The summed E-state index contributed by atoms with van der Waals surface area (Å²) in [6.07, 6.45) is 0. The number of fused-ring (bicyclic) bond motifs is 1. The SMILES string of the molecule is NC(=O)COc1cccc(COC(=O)c2cc(=O)[nH]c3ccccc23)c1. The Kier molecular flexibility index (Phi) is 4.98. The maximum atomic E-state index is 12.4. The molecule has 26 heavy (non-hydrogen) atoms. The Balaban J connectivity index is 1.75. The van der Waals surface area contributed by atoms with Crippen molar-refractivity contribution in [1.82, 2.24) is 4.98 Å². The Morgan fingerprint density at radius 3 is 2.65 bits per heavy atom. The molecule has 0 aliphatic rings. The van der Waals surface area contributed by atoms with Crippen LogP contribution in [0.1, 0.15) is 15.9 Å². The number of aromatic nitrogens is 1. The number of hydrogen-bond acceptors (Lipinski definition) is 5. The molecule has 1 amide bonds. The van der Waals surface area contributed by atoms with Gasteiger partial charge in [-0.2, -0.15) is 0 Å². The van der Waals surface area contributed by atoms with E-state index in [2.05, 4.69) is 4.98 Å². The number of nitrogens with one attached hydrogen (secondary N) is 1. The minimum Gasteiger partial charge on any atom is -0.484 e. The third kappa shape index (κ3) is 4.07. The van der Waals surface area contributed by atoms with E-state index < -0.39 is 11.9 Å². The van der Waals surface area contributed by atoms with Crippen LogP contribution in [-0.2, 0) is 16.1 Å². The minimum absolute atomic E-state index is 0.00622. The molecule has 0 bridgehead atoms. The lowest BCUT2D eigenvalue weighted by Crippen LogP contribution is -2.20. The van der Waals surface area contributed by atoms with E-state index in [9.17, 15) is 14.4 Å². The number of rotatable bonds is 6. The zero-order chi connectivity index (χ0) is 18.5. The highest BCUT2D eigenvalue weighted by Crippen LogP contribution is 2.18. The number of pyridine rings is 1. The van der Waals surface area contributed by atoms with Crippen LogP contribution in [0.2, 0.25) is 0 Å². The van der Waals surface area contributed by atoms with Crippen molar-refractivity contribution in [3.8, 4) is 5.75 Å². The summed E-state index contributed by atoms with van der Waals surface area (Å²) in [5.74, 6) is -0.738. The molecule has 0 saturated heterocycles. The van der Waals surface area contributed by atoms with Crippen LogP contribution in [0, 0.1) is 0 Å². The number of carbonyl (C=O) groups is 2. The molecular formula is C19H16N2O5. The lowest BCUT2D eigenvalue weighted by Gasteiger charge is -2.09. The third-order valence-electron chi connectivity index (χ3n) is 3.62. The smallest absolute Gasteiger partial charge is 0.339 e. The highest BCUT2D eigenvalue weighted by molar-refractivity contribution is 6.03. The van der Waals surface area contributed by atoms with E-state index in [-0.39, 0.29) is 24.3 Å². The van der Waals surface area contributed by atoms with Gasteiger partial charge in [-0.1, -0.05) is 30.3 Å². The number of nitrogens with two attached hydrogens (primary N) is 1. The lowest BCUT2D eigenvalue weighted by atomic mass is 10.1. The van der Waals surface area contributed by atoms with Gasteiger partial charge in [-0.15, -0.1) is 0 Å². The molecule has 1 aromatic heterocycles. The van der Waals surface area contributed by atoms with Gasteiger partial charge in [-0.05, 0) is 23.8 Å². The molecule has 0 fully saturated rings. The number of esters is 1. The van der Waals surface area contributed by atoms with Crippen LogP contribution in [0.3, 0.4) is 0 Å². The first-order chi connectivity index (χ1) is 12.5. The number of para-hydroxylation sites is 1. The molecule has 0 saturated carbocycles. The van der Waals surface area contributed by atoms with Gasteiger partial charge >= 0.3 is 5.97 Å². The van der Waals surface area contributed by atoms with Gasteiger partial charge in [0.05, 0.1) is 5.56 Å². The van der Waals surface area contributed by atoms with E-state index in [1.165, 1.54) is 6.07 Å². The first-order valence-corrected chi connectivity index (χ1v) is 7.82. The van der Waals surface area contributed by atoms with E-state index in [4.69, 9.17) is 15.2 Å². The van der Waals surface area contributed by atoms with Gasteiger partial charge in [-0.25, -0.2) is 4.79 Å². The number of benzene rings is 2. The van der Waals surface area contributed by atoms with Gasteiger partial charge in [0.1, 0.15) is 12.4 Å². The fraction of sp³-hybridized carbons (Fsp3) is 0.105. The van der Waals surface area contributed by atoms with Crippen LogP contribution in [0.15, 0.2) is 59.4 Å². The first-order valence-electron chi connectivity index (χ1n) is 7.82. The zero-order valence-corrected chi connectivity index (χ0v) is 13.7. The highest BCUT2D eigenvalue weighted by atomic mass is 16.5. The Labute approximate surface area is 148 Å². The number of primary amides is 1. The van der Waals surface area contributed by atoms with Crippen molar-refractivity contribution in [2.24, 2.45) is 5.73 Å². The van der Waals surface area contributed by atoms with E-state index in [1.54, 1.807) is 48.5 Å². The standard InChI is InChI=1S/C19H16N2O5/c20-17(22)11-25-13-5-3-4-12(8-13)10-26-19(24)15-9-18(23)21-16-7-2-1-6-14(15)16/h1-9H,10-11H2,(H2,20,22)(H,21,23). The molecule has 132 valence electrons. The monoisotopic (exact) mass is 352 g/mol. The number of hydrogen-bond donors (Lipinski definition) is 2. The second kappa shape index (κ2) is 7.52. The molecule has 0 radical (unpaired) electrons. The molecule has 3 aromatic rings. The summed E-state index contributed by atoms with van der Waals surface area (Å²) >= 11 is 0. The topological polar surface area (TPSA) is 111 Å². The number of carbonyl (C=O) groups excluding carboxylic acids is 2. The summed E-state index contributed by atoms with van der Waals surface area (Å²) in [4.78, 5) is 37.6. The van der Waals surface area contributed by atoms with Crippen LogP contribution >= 0.6 is 0 Å². The van der Waals surface area contributed by atoms with Crippen molar-refractivity contribution in [3.05, 3.63) is 76.1 Å². The van der Waals surface area contributed by atoms with Crippen molar-refractivity contribution >= 4 is 22.8 Å². The van der Waals surface area contributed by atoms with Crippen LogP contribution in [0.5, 0.6) is 5.75 Å². The number of aromatic amines is 1. The lowest BCUT2D eigenvalue weighted by molar-refractivity contribution is -0.119. The van der Waals surface area contributed by atoms with Crippen molar-refractivity contribution < 1.29 is 19.1 Å². The second-order valence-corrected chi connectivity index (χ2v) is 5.57. The van der Waals surface area contributed by atoms with Gasteiger partial charge < -0.3 is 20.2 Å². The summed E-state index contributed by atoms with van der Waals surface area (Å²) in [6.45, 7) is -0.240. The van der Waals surface area contributed by atoms with Crippen molar-refractivity contribution in [3.63, 3.8) is 0 Å². The van der Waals surface area contributed by atoms with E-state index >= 15 is 0 Å². The molecule has 3 rings (SSSR count). The Bertz CT molecular complexity index is 1030. The molecule has 7 heteroatoms. The second-order valence-electron chi connectivity index (χ2n) is 5.57. The summed E-state index contributed by atoms with van der Waals surface area (Å²) in [7, 11) is 0. The highest BCUT2D eigenvalue weighted by Gasteiger charge is 2.13. The Hall–Kier alpha value is -3.61. The Morgan fingerprint density at radius 2 is 1.85 bits per heavy atom. The molecule has 0 unspecified atom stereocenters. The normalized spacial score (nSPS) is 10.5. The average molecular weight is 352 g/mol. The van der Waals surface area contributed by atoms with Crippen molar-refractivity contribution in [2.45, 2.75) is 6.61 Å². The fourth-order valence-electron chi connectivity index (χ4n) is 2.48. The van der Waals surface area contributed by atoms with Crippen LogP contribution in [-0.4, -0.2) is 23.5 Å². The van der Waals surface area contributed by atoms with Crippen LogP contribution in [0.25, 0.3) is 10.9 Å². The van der Waals surface area contributed by atoms with Crippen LogP contribution in [0.4, 0.5) is 0 Å². The van der Waals surface area contributed by atoms with Gasteiger partial charge in [0.2, 0.25) is 5.56 Å². The first kappa shape index (κ1) is 17.2. The van der Waals surface area contributed by atoms with E-state index in [1.807, 2.05) is 0 Å². The molecule has 3 N–H and O–H groups in total. The van der Waals surface area contributed by atoms with E-state index in [0.29, 0.717) is 22.2 Å². The molecule has 0 atom stereocenters. The average Bonchev–Trinajstić information content (AvgIpc) is 2.64. The predicted octanol–water partition coefficient (Wildman–Crippen LogP) is 1.75. The molecule has 7 nitrogen and oxygen atoms in total. The number of amides is 1. The molecule has 0 aliphatic carbocycles. The Morgan fingerprint density at radius 1 is 1.04 bits per heavy atom. The molecule has 2 aromatic carbocycles. The number of ether oxygens (including phenoxy) is 2. The summed E-state index contributed by atoms with van der Waals surface area (Å²) < 4.78 is 10.5. The molecular weight excluding hydrogens is 336 g/mol. The largest absolute Gasteiger partial charge is 0.484 e. The molecule has 0 aliphatic heterocycles. The zero-order valence-electron chi connectivity index (χ0n) is 13.7. The van der Waals surface area contributed by atoms with Gasteiger partial charge in [0.25, 0.3) is 5.91 Å². The summed E-state index contributed by atoms with van der Waals surface area (Å²) in [5.41, 5.74) is 6.10. The maximum Gasteiger partial charge on any atom is 0.339 e. The predicted molar refractivity (Wildman–Crippen MR) is 94.8 cm³/mol. The van der Waals surface area contributed by atoms with Crippen molar-refractivity contribution in [2.75, 3.05) is 6.61 Å². The van der Waals surface area contributed by atoms with Crippen LogP contribution < -0.4 is 16.0 Å². The minimum atomic E-state index is -0.601. The van der Waals surface area contributed by atoms with Gasteiger partial charge in [-0.3, -0.25) is 9.59 Å². The molecule has 0 spiro atoms. The van der Waals surface area contributed by atoms with Gasteiger partial charge in [0, 0.05) is 17.0 Å². The summed E-state index contributed by atoms with van der Waals surface area (Å²) in [6, 6.07) is 15.0. The van der Waals surface area contributed by atoms with Crippen molar-refractivity contribution in [1.29, 1.82) is 0 Å². The summed E-state index contributed by atoms with van der Waals surface area (Å²) in [5, 5.41) is 0.607. The number of H-pyrrole nitrogens is 1. The third-order valence-corrected chi connectivity index (χ3v) is 3.62. The quantitative estimate of drug-likeness (QED) is 0.657. The fourth-order valence-corrected chi connectivity index (χ4v) is 2.48. The van der Waals surface area contributed by atoms with E-state index in [0.717, 1.165) is 0 Å². The molecule has 1 heterocycles.